The van der Waals surface area contributed by atoms with E-state index >= 15 is 0 Å². The van der Waals surface area contributed by atoms with Gasteiger partial charge in [-0.1, -0.05) is 36.9 Å². The number of anilines is 1. The molecule has 0 amide bonds. The average molecular weight is 249 g/mol. The summed E-state index contributed by atoms with van der Waals surface area (Å²) in [7, 11) is 0. The summed E-state index contributed by atoms with van der Waals surface area (Å²) in [5.74, 6) is 0.122. The normalized spacial score (nSPS) is 24.7. The van der Waals surface area contributed by atoms with Crippen LogP contribution in [-0.2, 0) is 0 Å². The van der Waals surface area contributed by atoms with Crippen LogP contribution >= 0.6 is 11.6 Å². The van der Waals surface area contributed by atoms with E-state index in [1.165, 1.54) is 19.3 Å². The van der Waals surface area contributed by atoms with Crippen LogP contribution in [0.4, 0.5) is 5.69 Å². The van der Waals surface area contributed by atoms with E-state index in [1.54, 1.807) is 0 Å². The van der Waals surface area contributed by atoms with E-state index in [1.807, 2.05) is 24.3 Å². The SMILES string of the molecule is N#CC1CCCCCC1Nc1cccc(Cl)c1. The van der Waals surface area contributed by atoms with Crippen molar-refractivity contribution in [3.05, 3.63) is 29.3 Å². The molecule has 1 N–H and O–H groups in total. The molecule has 1 fully saturated rings. The van der Waals surface area contributed by atoms with Crippen LogP contribution < -0.4 is 5.32 Å². The van der Waals surface area contributed by atoms with Crippen LogP contribution in [-0.4, -0.2) is 6.04 Å². The van der Waals surface area contributed by atoms with Crippen LogP contribution in [0.5, 0.6) is 0 Å². The van der Waals surface area contributed by atoms with Gasteiger partial charge < -0.3 is 5.32 Å². The minimum atomic E-state index is 0.122. The Hall–Kier alpha value is -1.20. The molecule has 1 aromatic rings. The molecule has 0 heterocycles. The third-order valence-electron chi connectivity index (χ3n) is 3.36. The Morgan fingerprint density at radius 3 is 2.82 bits per heavy atom. The third-order valence-corrected chi connectivity index (χ3v) is 3.59. The van der Waals surface area contributed by atoms with Crippen molar-refractivity contribution < 1.29 is 0 Å². The third kappa shape index (κ3) is 3.38. The molecule has 0 aliphatic heterocycles. The highest BCUT2D eigenvalue weighted by Gasteiger charge is 2.23. The molecule has 17 heavy (non-hydrogen) atoms. The van der Waals surface area contributed by atoms with Crippen molar-refractivity contribution in [3.8, 4) is 6.07 Å². The minimum Gasteiger partial charge on any atom is -0.381 e. The lowest BCUT2D eigenvalue weighted by atomic mass is 9.96. The Bertz CT molecular complexity index is 411. The number of hydrogen-bond donors (Lipinski definition) is 1. The van der Waals surface area contributed by atoms with Crippen LogP contribution in [0.1, 0.15) is 32.1 Å². The molecule has 90 valence electrons. The number of benzene rings is 1. The fourth-order valence-electron chi connectivity index (χ4n) is 2.43. The second-order valence-corrected chi connectivity index (χ2v) is 5.07. The average Bonchev–Trinajstić information content (AvgIpc) is 2.54. The number of hydrogen-bond acceptors (Lipinski definition) is 2. The first-order chi connectivity index (χ1) is 8.29. The molecule has 0 bridgehead atoms. The molecule has 0 aromatic heterocycles. The quantitative estimate of drug-likeness (QED) is 0.796. The summed E-state index contributed by atoms with van der Waals surface area (Å²) in [5, 5.41) is 13.4. The first-order valence-corrected chi connectivity index (χ1v) is 6.59. The first kappa shape index (κ1) is 12.3. The van der Waals surface area contributed by atoms with Crippen LogP contribution in [0.25, 0.3) is 0 Å². The predicted molar refractivity (Wildman–Crippen MR) is 71.1 cm³/mol. The van der Waals surface area contributed by atoms with E-state index in [0.717, 1.165) is 23.6 Å². The fraction of sp³-hybridized carbons (Fsp3) is 0.500. The molecule has 1 aliphatic rings. The molecule has 1 aromatic carbocycles. The molecule has 0 saturated heterocycles. The van der Waals surface area contributed by atoms with Gasteiger partial charge in [-0.2, -0.15) is 5.26 Å². The highest BCUT2D eigenvalue weighted by atomic mass is 35.5. The maximum atomic E-state index is 9.20. The monoisotopic (exact) mass is 248 g/mol. The fourth-order valence-corrected chi connectivity index (χ4v) is 2.62. The van der Waals surface area contributed by atoms with E-state index in [2.05, 4.69) is 11.4 Å². The van der Waals surface area contributed by atoms with Crippen molar-refractivity contribution in [2.24, 2.45) is 5.92 Å². The summed E-state index contributed by atoms with van der Waals surface area (Å²) < 4.78 is 0. The Balaban J connectivity index is 2.07. The highest BCUT2D eigenvalue weighted by molar-refractivity contribution is 6.30. The summed E-state index contributed by atoms with van der Waals surface area (Å²) in [5.41, 5.74) is 1.02. The Morgan fingerprint density at radius 1 is 1.24 bits per heavy atom. The predicted octanol–water partition coefficient (Wildman–Crippen LogP) is 4.22. The van der Waals surface area contributed by atoms with Crippen molar-refractivity contribution in [2.45, 2.75) is 38.1 Å². The van der Waals surface area contributed by atoms with Gasteiger partial charge in [0, 0.05) is 16.8 Å². The lowest BCUT2D eigenvalue weighted by molar-refractivity contribution is 0.514. The molecule has 3 heteroatoms. The molecular formula is C14H17ClN2. The molecule has 2 unspecified atom stereocenters. The van der Waals surface area contributed by atoms with E-state index < -0.39 is 0 Å². The van der Waals surface area contributed by atoms with Gasteiger partial charge in [-0.05, 0) is 31.0 Å². The maximum Gasteiger partial charge on any atom is 0.0677 e. The molecular weight excluding hydrogens is 232 g/mol. The van der Waals surface area contributed by atoms with E-state index in [-0.39, 0.29) is 12.0 Å². The van der Waals surface area contributed by atoms with Crippen molar-refractivity contribution in [1.29, 1.82) is 5.26 Å². The lowest BCUT2D eigenvalue weighted by Gasteiger charge is -2.22. The number of rotatable bonds is 2. The van der Waals surface area contributed by atoms with E-state index in [9.17, 15) is 5.26 Å². The molecule has 0 spiro atoms. The molecule has 2 nitrogen and oxygen atoms in total. The largest absolute Gasteiger partial charge is 0.381 e. The van der Waals surface area contributed by atoms with Gasteiger partial charge in [0.2, 0.25) is 0 Å². The molecule has 2 atom stereocenters. The van der Waals surface area contributed by atoms with Crippen LogP contribution in [0.15, 0.2) is 24.3 Å². The maximum absolute atomic E-state index is 9.20. The number of nitrogens with zero attached hydrogens (tertiary/aromatic N) is 1. The van der Waals surface area contributed by atoms with Gasteiger partial charge in [0.25, 0.3) is 0 Å². The van der Waals surface area contributed by atoms with Crippen LogP contribution in [0.2, 0.25) is 5.02 Å². The van der Waals surface area contributed by atoms with Crippen LogP contribution in [0.3, 0.4) is 0 Å². The zero-order valence-corrected chi connectivity index (χ0v) is 10.6. The summed E-state index contributed by atoms with van der Waals surface area (Å²) in [6, 6.07) is 10.4. The smallest absolute Gasteiger partial charge is 0.0677 e. The van der Waals surface area contributed by atoms with Gasteiger partial charge in [0.05, 0.1) is 12.0 Å². The molecule has 0 radical (unpaired) electrons. The summed E-state index contributed by atoms with van der Waals surface area (Å²) in [6.07, 6.45) is 5.70. The molecule has 1 aliphatic carbocycles. The van der Waals surface area contributed by atoms with Gasteiger partial charge in [-0.3, -0.25) is 0 Å². The van der Waals surface area contributed by atoms with Gasteiger partial charge >= 0.3 is 0 Å². The van der Waals surface area contributed by atoms with Gasteiger partial charge in [-0.25, -0.2) is 0 Å². The standard InChI is InChI=1S/C14H17ClN2/c15-12-6-4-7-13(9-12)17-14-8-3-1-2-5-11(14)10-16/h4,6-7,9,11,14,17H,1-3,5,8H2. The van der Waals surface area contributed by atoms with Crippen molar-refractivity contribution >= 4 is 17.3 Å². The van der Waals surface area contributed by atoms with E-state index in [4.69, 9.17) is 11.6 Å². The van der Waals surface area contributed by atoms with E-state index in [0.29, 0.717) is 0 Å². The molecule has 1 saturated carbocycles. The van der Waals surface area contributed by atoms with Crippen molar-refractivity contribution in [1.82, 2.24) is 0 Å². The second-order valence-electron chi connectivity index (χ2n) is 4.63. The summed E-state index contributed by atoms with van der Waals surface area (Å²) >= 11 is 5.96. The van der Waals surface area contributed by atoms with Gasteiger partial charge in [-0.15, -0.1) is 0 Å². The summed E-state index contributed by atoms with van der Waals surface area (Å²) in [4.78, 5) is 0. The van der Waals surface area contributed by atoms with Crippen molar-refractivity contribution in [2.75, 3.05) is 5.32 Å². The molecule has 2 rings (SSSR count). The highest BCUT2D eigenvalue weighted by Crippen LogP contribution is 2.26. The van der Waals surface area contributed by atoms with Crippen LogP contribution in [0, 0.1) is 17.2 Å². The topological polar surface area (TPSA) is 35.8 Å². The zero-order chi connectivity index (χ0) is 12.1. The Kier molecular flexibility index (Phi) is 4.28. The lowest BCUT2D eigenvalue weighted by Crippen LogP contribution is -2.27. The Morgan fingerprint density at radius 2 is 2.06 bits per heavy atom. The Labute approximate surface area is 108 Å². The first-order valence-electron chi connectivity index (χ1n) is 6.21. The number of halogens is 1. The number of nitrogens with one attached hydrogen (secondary N) is 1. The number of nitriles is 1. The minimum absolute atomic E-state index is 0.122. The van der Waals surface area contributed by atoms with Crippen molar-refractivity contribution in [3.63, 3.8) is 0 Å². The van der Waals surface area contributed by atoms with Gasteiger partial charge in [0.1, 0.15) is 0 Å². The van der Waals surface area contributed by atoms with Gasteiger partial charge in [0.15, 0.2) is 0 Å². The zero-order valence-electron chi connectivity index (χ0n) is 9.82. The second kappa shape index (κ2) is 5.93. The summed E-state index contributed by atoms with van der Waals surface area (Å²) in [6.45, 7) is 0.